The Labute approximate surface area is 117 Å². The van der Waals surface area contributed by atoms with E-state index in [1.807, 2.05) is 22.7 Å². The van der Waals surface area contributed by atoms with Crippen molar-refractivity contribution in [3.63, 3.8) is 0 Å². The lowest BCUT2D eigenvalue weighted by Gasteiger charge is -1.87. The average molecular weight is 279 g/mol. The smallest absolute Gasteiger partial charge is 0.0756 e. The third-order valence-corrected chi connectivity index (χ3v) is 6.21. The van der Waals surface area contributed by atoms with Crippen molar-refractivity contribution >= 4 is 63.3 Å². The van der Waals surface area contributed by atoms with E-state index < -0.39 is 0 Å². The average Bonchev–Trinajstić information content (AvgIpc) is 3.07. The zero-order valence-electron chi connectivity index (χ0n) is 9.94. The highest BCUT2D eigenvalue weighted by Gasteiger charge is 2.15. The van der Waals surface area contributed by atoms with Gasteiger partial charge < -0.3 is 4.98 Å². The van der Waals surface area contributed by atoms with Gasteiger partial charge in [-0.25, -0.2) is 0 Å². The Balaban J connectivity index is 2.10. The summed E-state index contributed by atoms with van der Waals surface area (Å²) in [6, 6.07) is 17.2. The first-order chi connectivity index (χ1) is 9.42. The van der Waals surface area contributed by atoms with E-state index in [2.05, 4.69) is 53.5 Å². The lowest BCUT2D eigenvalue weighted by molar-refractivity contribution is 1.57. The van der Waals surface area contributed by atoms with Gasteiger partial charge in [-0.2, -0.15) is 0 Å². The summed E-state index contributed by atoms with van der Waals surface area (Å²) in [4.78, 5) is 3.58. The number of H-pyrrole nitrogens is 1. The monoisotopic (exact) mass is 279 g/mol. The molecular formula is C16H9NS2. The summed E-state index contributed by atoms with van der Waals surface area (Å²) in [6.07, 6.45) is 0. The van der Waals surface area contributed by atoms with E-state index in [0.717, 1.165) is 0 Å². The minimum atomic E-state index is 1.24. The van der Waals surface area contributed by atoms with Gasteiger partial charge in [-0.3, -0.25) is 0 Å². The van der Waals surface area contributed by atoms with Crippen LogP contribution in [0.25, 0.3) is 40.6 Å². The number of benzene rings is 2. The Morgan fingerprint density at radius 1 is 0.684 bits per heavy atom. The fraction of sp³-hybridized carbons (Fsp3) is 0. The molecule has 0 aliphatic rings. The predicted molar refractivity (Wildman–Crippen MR) is 86.6 cm³/mol. The minimum absolute atomic E-state index is 1.24. The van der Waals surface area contributed by atoms with E-state index in [0.29, 0.717) is 0 Å². The summed E-state index contributed by atoms with van der Waals surface area (Å²) in [7, 11) is 0. The Morgan fingerprint density at radius 2 is 1.47 bits per heavy atom. The Kier molecular flexibility index (Phi) is 1.78. The largest absolute Gasteiger partial charge is 0.353 e. The molecule has 19 heavy (non-hydrogen) atoms. The van der Waals surface area contributed by atoms with Gasteiger partial charge in [-0.05, 0) is 12.1 Å². The van der Waals surface area contributed by atoms with E-state index in [-0.39, 0.29) is 0 Å². The first-order valence-electron chi connectivity index (χ1n) is 6.22. The molecule has 3 heteroatoms. The molecule has 1 nitrogen and oxygen atoms in total. The van der Waals surface area contributed by atoms with E-state index in [1.54, 1.807) is 0 Å². The first-order valence-corrected chi connectivity index (χ1v) is 7.85. The molecule has 0 amide bonds. The number of hydrogen-bond acceptors (Lipinski definition) is 2. The van der Waals surface area contributed by atoms with Crippen LogP contribution in [0.4, 0.5) is 0 Å². The summed E-state index contributed by atoms with van der Waals surface area (Å²) in [5, 5.41) is 2.73. The van der Waals surface area contributed by atoms with Crippen LogP contribution in [-0.2, 0) is 0 Å². The lowest BCUT2D eigenvalue weighted by atomic mass is 10.2. The normalized spacial score (nSPS) is 12.2. The molecule has 0 aliphatic carbocycles. The zero-order chi connectivity index (χ0) is 12.4. The summed E-state index contributed by atoms with van der Waals surface area (Å²) in [5.41, 5.74) is 2.55. The second-order valence-corrected chi connectivity index (χ2v) is 6.81. The molecule has 0 spiro atoms. The van der Waals surface area contributed by atoms with Gasteiger partial charge in [-0.1, -0.05) is 36.4 Å². The summed E-state index contributed by atoms with van der Waals surface area (Å²) >= 11 is 3.81. The van der Waals surface area contributed by atoms with Crippen LogP contribution in [-0.4, -0.2) is 4.98 Å². The van der Waals surface area contributed by atoms with E-state index in [1.165, 1.54) is 40.6 Å². The number of aromatic amines is 1. The second kappa shape index (κ2) is 3.38. The third kappa shape index (κ3) is 1.19. The molecule has 5 aromatic rings. The van der Waals surface area contributed by atoms with Gasteiger partial charge >= 0.3 is 0 Å². The predicted octanol–water partition coefficient (Wildman–Crippen LogP) is 5.75. The minimum Gasteiger partial charge on any atom is -0.353 e. The highest BCUT2D eigenvalue weighted by molar-refractivity contribution is 7.37. The van der Waals surface area contributed by atoms with E-state index in [9.17, 15) is 0 Å². The quantitative estimate of drug-likeness (QED) is 0.371. The van der Waals surface area contributed by atoms with Crippen molar-refractivity contribution in [2.45, 2.75) is 0 Å². The van der Waals surface area contributed by atoms with Crippen LogP contribution >= 0.6 is 22.7 Å². The van der Waals surface area contributed by atoms with E-state index in [4.69, 9.17) is 0 Å². The molecule has 5 rings (SSSR count). The number of fused-ring (bicyclic) bond motifs is 7. The number of hydrogen-bond donors (Lipinski definition) is 1. The molecule has 90 valence electrons. The number of para-hydroxylation sites is 1. The second-order valence-electron chi connectivity index (χ2n) is 4.73. The van der Waals surface area contributed by atoms with Crippen molar-refractivity contribution in [1.82, 2.24) is 4.98 Å². The standard InChI is InChI=1S/C16H9NS2/c1-3-7-11-9(5-1)14-13(17-11)16-15(19-14)10-6-2-4-8-12(10)18-16/h1-8,17H. The summed E-state index contributed by atoms with van der Waals surface area (Å²) < 4.78 is 5.59. The molecule has 0 unspecified atom stereocenters. The van der Waals surface area contributed by atoms with Crippen molar-refractivity contribution in [2.24, 2.45) is 0 Å². The van der Waals surface area contributed by atoms with E-state index >= 15 is 0 Å². The van der Waals surface area contributed by atoms with Crippen LogP contribution in [0.5, 0.6) is 0 Å². The topological polar surface area (TPSA) is 15.8 Å². The molecule has 0 saturated heterocycles. The fourth-order valence-corrected chi connectivity index (χ4v) is 5.49. The number of nitrogens with one attached hydrogen (secondary N) is 1. The number of rotatable bonds is 0. The fourth-order valence-electron chi connectivity index (χ4n) is 2.77. The maximum Gasteiger partial charge on any atom is 0.0756 e. The van der Waals surface area contributed by atoms with Crippen LogP contribution in [0, 0.1) is 0 Å². The van der Waals surface area contributed by atoms with Gasteiger partial charge in [0.05, 0.1) is 19.6 Å². The molecule has 0 atom stereocenters. The molecule has 3 heterocycles. The highest BCUT2D eigenvalue weighted by Crippen LogP contribution is 2.45. The van der Waals surface area contributed by atoms with Crippen molar-refractivity contribution < 1.29 is 0 Å². The van der Waals surface area contributed by atoms with Crippen molar-refractivity contribution in [1.29, 1.82) is 0 Å². The number of aromatic nitrogens is 1. The van der Waals surface area contributed by atoms with Gasteiger partial charge in [0.2, 0.25) is 0 Å². The van der Waals surface area contributed by atoms with Crippen LogP contribution in [0.1, 0.15) is 0 Å². The van der Waals surface area contributed by atoms with Crippen molar-refractivity contribution in [3.8, 4) is 0 Å². The molecule has 2 aromatic carbocycles. The van der Waals surface area contributed by atoms with Crippen LogP contribution in [0.2, 0.25) is 0 Å². The highest BCUT2D eigenvalue weighted by atomic mass is 32.1. The maximum absolute atomic E-state index is 3.58. The zero-order valence-corrected chi connectivity index (χ0v) is 11.6. The Bertz CT molecular complexity index is 977. The molecule has 1 N–H and O–H groups in total. The van der Waals surface area contributed by atoms with Crippen molar-refractivity contribution in [3.05, 3.63) is 48.5 Å². The third-order valence-electron chi connectivity index (χ3n) is 3.64. The molecule has 0 radical (unpaired) electrons. The van der Waals surface area contributed by atoms with Gasteiger partial charge in [0.1, 0.15) is 0 Å². The molecule has 0 saturated carbocycles. The summed E-state index contributed by atoms with van der Waals surface area (Å²) in [5.74, 6) is 0. The Morgan fingerprint density at radius 3 is 2.42 bits per heavy atom. The first kappa shape index (κ1) is 10.0. The molecule has 0 bridgehead atoms. The lowest BCUT2D eigenvalue weighted by Crippen LogP contribution is -1.64. The molecular weight excluding hydrogens is 270 g/mol. The summed E-state index contributed by atoms with van der Waals surface area (Å²) in [6.45, 7) is 0. The Hall–Kier alpha value is -1.84. The van der Waals surface area contributed by atoms with Crippen molar-refractivity contribution in [2.75, 3.05) is 0 Å². The molecule has 3 aromatic heterocycles. The van der Waals surface area contributed by atoms with Gasteiger partial charge in [-0.15, -0.1) is 22.7 Å². The molecule has 0 aliphatic heterocycles. The van der Waals surface area contributed by atoms with Gasteiger partial charge in [0.25, 0.3) is 0 Å². The van der Waals surface area contributed by atoms with Crippen LogP contribution in [0.15, 0.2) is 48.5 Å². The maximum atomic E-state index is 3.58. The SMILES string of the molecule is c1ccc2c(c1)[nH]c1c2sc2c3ccccc3sc12. The van der Waals surface area contributed by atoms with Crippen LogP contribution < -0.4 is 0 Å². The molecule has 0 fully saturated rings. The van der Waals surface area contributed by atoms with Gasteiger partial charge in [0, 0.05) is 21.0 Å². The van der Waals surface area contributed by atoms with Gasteiger partial charge in [0.15, 0.2) is 0 Å². The number of thiophene rings is 2. The van der Waals surface area contributed by atoms with Crippen LogP contribution in [0.3, 0.4) is 0 Å².